The second-order valence-corrected chi connectivity index (χ2v) is 3.24. The van der Waals surface area contributed by atoms with Gasteiger partial charge in [-0.25, -0.2) is 4.39 Å². The van der Waals surface area contributed by atoms with Gasteiger partial charge >= 0.3 is 0 Å². The Morgan fingerprint density at radius 3 is 2.87 bits per heavy atom. The fraction of sp³-hybridized carbons (Fsp3) is 0.400. The fourth-order valence-electron chi connectivity index (χ4n) is 1.48. The Balaban J connectivity index is 2.43. The maximum Gasteiger partial charge on any atom is 0.197 e. The summed E-state index contributed by atoms with van der Waals surface area (Å²) in [4.78, 5) is 0. The maximum atomic E-state index is 13.8. The van der Waals surface area contributed by atoms with Crippen LogP contribution >= 0.6 is 0 Å². The molecule has 0 saturated heterocycles. The number of aliphatic hydroxyl groups excluding tert-OH is 1. The lowest BCUT2D eigenvalue weighted by Crippen LogP contribution is -2.19. The van der Waals surface area contributed by atoms with Crippen molar-refractivity contribution in [1.29, 1.82) is 0 Å². The largest absolute Gasteiger partial charge is 0.486 e. The number of hydrogen-bond donors (Lipinski definition) is 2. The van der Waals surface area contributed by atoms with E-state index < -0.39 is 11.9 Å². The van der Waals surface area contributed by atoms with Crippen LogP contribution in [0.3, 0.4) is 0 Å². The summed E-state index contributed by atoms with van der Waals surface area (Å²) in [6.07, 6.45) is -1.01. The molecule has 0 aromatic heterocycles. The molecule has 0 fully saturated rings. The number of rotatable bonds is 2. The molecule has 1 aromatic rings. The maximum absolute atomic E-state index is 13.8. The molecule has 2 rings (SSSR count). The van der Waals surface area contributed by atoms with E-state index in [9.17, 15) is 9.50 Å². The smallest absolute Gasteiger partial charge is 0.197 e. The van der Waals surface area contributed by atoms with Gasteiger partial charge in [0, 0.05) is 12.1 Å². The van der Waals surface area contributed by atoms with Crippen molar-refractivity contribution in [2.24, 2.45) is 5.73 Å². The van der Waals surface area contributed by atoms with Crippen molar-refractivity contribution < 1.29 is 19.0 Å². The Bertz CT molecular complexity index is 370. The Morgan fingerprint density at radius 2 is 2.13 bits per heavy atom. The van der Waals surface area contributed by atoms with Gasteiger partial charge in [-0.05, 0) is 12.1 Å². The molecular weight excluding hydrogens is 201 g/mol. The first-order valence-corrected chi connectivity index (χ1v) is 4.70. The second kappa shape index (κ2) is 4.04. The Labute approximate surface area is 86.4 Å². The van der Waals surface area contributed by atoms with Gasteiger partial charge in [0.1, 0.15) is 13.2 Å². The van der Waals surface area contributed by atoms with Crippen LogP contribution in [0.2, 0.25) is 0 Å². The summed E-state index contributed by atoms with van der Waals surface area (Å²) in [6.45, 7) is 0.688. The van der Waals surface area contributed by atoms with Crippen molar-refractivity contribution in [1.82, 2.24) is 0 Å². The summed E-state index contributed by atoms with van der Waals surface area (Å²) in [5.41, 5.74) is 5.40. The minimum Gasteiger partial charge on any atom is -0.486 e. The molecule has 1 aliphatic heterocycles. The van der Waals surface area contributed by atoms with Crippen molar-refractivity contribution in [2.75, 3.05) is 19.8 Å². The molecule has 0 spiro atoms. The lowest BCUT2D eigenvalue weighted by molar-refractivity contribution is 0.155. The Kier molecular flexibility index (Phi) is 2.75. The van der Waals surface area contributed by atoms with Gasteiger partial charge in [-0.2, -0.15) is 0 Å². The van der Waals surface area contributed by atoms with Gasteiger partial charge in [-0.3, -0.25) is 0 Å². The molecule has 82 valence electrons. The third kappa shape index (κ3) is 1.75. The highest BCUT2D eigenvalue weighted by atomic mass is 19.1. The lowest BCUT2D eigenvalue weighted by atomic mass is 10.1. The zero-order valence-electron chi connectivity index (χ0n) is 8.07. The van der Waals surface area contributed by atoms with Crippen LogP contribution in [-0.4, -0.2) is 24.9 Å². The predicted octanol–water partition coefficient (Wildman–Crippen LogP) is 0.589. The summed E-state index contributed by atoms with van der Waals surface area (Å²) in [5.74, 6) is -0.164. The summed E-state index contributed by atoms with van der Waals surface area (Å²) in [5, 5.41) is 9.45. The average molecular weight is 213 g/mol. The van der Waals surface area contributed by atoms with Crippen molar-refractivity contribution in [3.63, 3.8) is 0 Å². The Morgan fingerprint density at radius 1 is 1.40 bits per heavy atom. The van der Waals surface area contributed by atoms with Gasteiger partial charge in [-0.1, -0.05) is 0 Å². The second-order valence-electron chi connectivity index (χ2n) is 3.24. The predicted molar refractivity (Wildman–Crippen MR) is 51.4 cm³/mol. The van der Waals surface area contributed by atoms with E-state index in [1.54, 1.807) is 6.07 Å². The highest BCUT2D eigenvalue weighted by molar-refractivity contribution is 5.46. The Hall–Kier alpha value is -1.33. The third-order valence-corrected chi connectivity index (χ3v) is 2.26. The first-order valence-electron chi connectivity index (χ1n) is 4.70. The molecule has 0 radical (unpaired) electrons. The number of ether oxygens (including phenoxy) is 2. The SMILES string of the molecule is NCC(O)c1ccc2c(c1F)OCCO2. The van der Waals surface area contributed by atoms with Gasteiger partial charge in [0.05, 0.1) is 6.10 Å². The molecule has 3 N–H and O–H groups in total. The van der Waals surface area contributed by atoms with E-state index in [4.69, 9.17) is 15.2 Å². The van der Waals surface area contributed by atoms with Crippen molar-refractivity contribution in [2.45, 2.75) is 6.10 Å². The van der Waals surface area contributed by atoms with Crippen LogP contribution in [0.1, 0.15) is 11.7 Å². The van der Waals surface area contributed by atoms with E-state index in [1.807, 2.05) is 0 Å². The molecule has 15 heavy (non-hydrogen) atoms. The van der Waals surface area contributed by atoms with E-state index in [2.05, 4.69) is 0 Å². The van der Waals surface area contributed by atoms with E-state index in [0.29, 0.717) is 19.0 Å². The molecule has 1 heterocycles. The standard InChI is InChI=1S/C10H12FNO3/c11-9-6(7(13)5-12)1-2-8-10(9)15-4-3-14-8/h1-2,7,13H,3-5,12H2. The van der Waals surface area contributed by atoms with Gasteiger partial charge in [0.2, 0.25) is 0 Å². The van der Waals surface area contributed by atoms with Gasteiger partial charge < -0.3 is 20.3 Å². The lowest BCUT2D eigenvalue weighted by Gasteiger charge is -2.21. The number of nitrogens with two attached hydrogens (primary N) is 1. The van der Waals surface area contributed by atoms with Crippen LogP contribution in [0.5, 0.6) is 11.5 Å². The van der Waals surface area contributed by atoms with Crippen LogP contribution in [0.25, 0.3) is 0 Å². The van der Waals surface area contributed by atoms with Crippen molar-refractivity contribution >= 4 is 0 Å². The normalized spacial score (nSPS) is 16.2. The number of halogens is 1. The summed E-state index contributed by atoms with van der Waals surface area (Å²) >= 11 is 0. The van der Waals surface area contributed by atoms with Crippen LogP contribution in [-0.2, 0) is 0 Å². The first kappa shape index (κ1) is 10.2. The molecule has 0 saturated carbocycles. The summed E-state index contributed by atoms with van der Waals surface area (Å²) in [6, 6.07) is 3.03. The quantitative estimate of drug-likeness (QED) is 0.754. The van der Waals surface area contributed by atoms with Gasteiger partial charge in [0.15, 0.2) is 17.3 Å². The summed E-state index contributed by atoms with van der Waals surface area (Å²) < 4.78 is 24.1. The fourth-order valence-corrected chi connectivity index (χ4v) is 1.48. The molecule has 1 aliphatic rings. The first-order chi connectivity index (χ1) is 7.24. The van der Waals surface area contributed by atoms with E-state index in [0.717, 1.165) is 0 Å². The number of benzene rings is 1. The topological polar surface area (TPSA) is 64.7 Å². The van der Waals surface area contributed by atoms with E-state index in [1.165, 1.54) is 6.07 Å². The molecule has 5 heteroatoms. The highest BCUT2D eigenvalue weighted by Crippen LogP contribution is 2.36. The minimum atomic E-state index is -1.01. The van der Waals surface area contributed by atoms with Crippen molar-refractivity contribution in [3.05, 3.63) is 23.5 Å². The molecule has 1 aromatic carbocycles. The molecule has 4 nitrogen and oxygen atoms in total. The minimum absolute atomic E-state index is 0.0312. The molecule has 0 amide bonds. The van der Waals surface area contributed by atoms with Gasteiger partial charge in [-0.15, -0.1) is 0 Å². The molecule has 0 aliphatic carbocycles. The van der Waals surface area contributed by atoms with Crippen LogP contribution in [0.4, 0.5) is 4.39 Å². The van der Waals surface area contributed by atoms with Crippen LogP contribution in [0, 0.1) is 5.82 Å². The van der Waals surface area contributed by atoms with Gasteiger partial charge in [0.25, 0.3) is 0 Å². The zero-order valence-corrected chi connectivity index (χ0v) is 8.07. The monoisotopic (exact) mass is 213 g/mol. The van der Waals surface area contributed by atoms with E-state index >= 15 is 0 Å². The van der Waals surface area contributed by atoms with E-state index in [-0.39, 0.29) is 17.9 Å². The van der Waals surface area contributed by atoms with Crippen molar-refractivity contribution in [3.8, 4) is 11.5 Å². The zero-order chi connectivity index (χ0) is 10.8. The number of hydrogen-bond acceptors (Lipinski definition) is 4. The summed E-state index contributed by atoms with van der Waals surface area (Å²) in [7, 11) is 0. The molecule has 1 unspecified atom stereocenters. The molecular formula is C10H12FNO3. The molecule has 0 bridgehead atoms. The number of aliphatic hydroxyl groups is 1. The average Bonchev–Trinajstić information content (AvgIpc) is 2.29. The number of fused-ring (bicyclic) bond motifs is 1. The van der Waals surface area contributed by atoms with Crippen LogP contribution < -0.4 is 15.2 Å². The van der Waals surface area contributed by atoms with Crippen LogP contribution in [0.15, 0.2) is 12.1 Å². The highest BCUT2D eigenvalue weighted by Gasteiger charge is 2.22. The third-order valence-electron chi connectivity index (χ3n) is 2.26. The molecule has 1 atom stereocenters.